The van der Waals surface area contributed by atoms with Crippen molar-refractivity contribution < 1.29 is 0 Å². The van der Waals surface area contributed by atoms with E-state index in [1.807, 2.05) is 13.8 Å². The second-order valence-electron chi connectivity index (χ2n) is 7.10. The van der Waals surface area contributed by atoms with E-state index in [1.54, 1.807) is 0 Å². The van der Waals surface area contributed by atoms with Gasteiger partial charge < -0.3 is 10.6 Å². The molecule has 0 aromatic rings. The minimum atomic E-state index is -0.174. The Balaban J connectivity index is 4.06. The predicted octanol–water partition coefficient (Wildman–Crippen LogP) is 3.40. The fraction of sp³-hybridized carbons (Fsp3) is 0.938. The third-order valence-corrected chi connectivity index (χ3v) is 3.57. The molecule has 0 amide bonds. The highest BCUT2D eigenvalue weighted by Crippen LogP contribution is 2.22. The highest BCUT2D eigenvalue weighted by Gasteiger charge is 2.20. The molecular formula is C16H33N3. The van der Waals surface area contributed by atoms with E-state index in [9.17, 15) is 0 Å². The molecule has 0 spiro atoms. The van der Waals surface area contributed by atoms with E-state index < -0.39 is 0 Å². The van der Waals surface area contributed by atoms with Crippen molar-refractivity contribution in [2.45, 2.75) is 60.3 Å². The van der Waals surface area contributed by atoms with Crippen LogP contribution < -0.4 is 5.73 Å². The normalized spacial score (nSPS) is 12.7. The Morgan fingerprint density at radius 2 is 1.74 bits per heavy atom. The Bertz CT molecular complexity index is 276. The quantitative estimate of drug-likeness (QED) is 0.617. The molecule has 0 aliphatic carbocycles. The van der Waals surface area contributed by atoms with Gasteiger partial charge in [0.1, 0.15) is 0 Å². The number of hydrogen-bond donors (Lipinski definition) is 1. The lowest BCUT2D eigenvalue weighted by atomic mass is 9.89. The van der Waals surface area contributed by atoms with Crippen molar-refractivity contribution in [3.05, 3.63) is 0 Å². The third-order valence-electron chi connectivity index (χ3n) is 3.57. The van der Waals surface area contributed by atoms with Crippen LogP contribution in [0.2, 0.25) is 0 Å². The van der Waals surface area contributed by atoms with Gasteiger partial charge in [-0.15, -0.1) is 0 Å². The first-order valence-electron chi connectivity index (χ1n) is 7.60. The van der Waals surface area contributed by atoms with E-state index in [4.69, 9.17) is 11.0 Å². The Morgan fingerprint density at radius 1 is 1.11 bits per heavy atom. The van der Waals surface area contributed by atoms with E-state index in [-0.39, 0.29) is 10.8 Å². The van der Waals surface area contributed by atoms with Crippen LogP contribution in [0.4, 0.5) is 0 Å². The van der Waals surface area contributed by atoms with Gasteiger partial charge in [0.25, 0.3) is 0 Å². The van der Waals surface area contributed by atoms with Crippen LogP contribution in [-0.2, 0) is 0 Å². The molecule has 0 unspecified atom stereocenters. The molecule has 3 nitrogen and oxygen atoms in total. The molecule has 19 heavy (non-hydrogen) atoms. The smallest absolute Gasteiger partial charge is 0.0683 e. The lowest BCUT2D eigenvalue weighted by molar-refractivity contribution is 0.178. The molecule has 3 heteroatoms. The molecule has 0 atom stereocenters. The van der Waals surface area contributed by atoms with Crippen molar-refractivity contribution in [2.75, 3.05) is 26.2 Å². The van der Waals surface area contributed by atoms with Crippen molar-refractivity contribution in [1.29, 1.82) is 5.26 Å². The predicted molar refractivity (Wildman–Crippen MR) is 82.8 cm³/mol. The molecule has 0 aromatic heterocycles. The van der Waals surface area contributed by atoms with Crippen LogP contribution in [0.15, 0.2) is 0 Å². The molecular weight excluding hydrogens is 234 g/mol. The first kappa shape index (κ1) is 18.4. The van der Waals surface area contributed by atoms with Gasteiger partial charge in [0.05, 0.1) is 11.5 Å². The summed E-state index contributed by atoms with van der Waals surface area (Å²) < 4.78 is 0. The van der Waals surface area contributed by atoms with E-state index in [0.29, 0.717) is 0 Å². The van der Waals surface area contributed by atoms with Gasteiger partial charge >= 0.3 is 0 Å². The second-order valence-corrected chi connectivity index (χ2v) is 7.10. The van der Waals surface area contributed by atoms with Gasteiger partial charge in [-0.05, 0) is 58.2 Å². The van der Waals surface area contributed by atoms with Gasteiger partial charge in [0.15, 0.2) is 0 Å². The molecule has 0 saturated carbocycles. The van der Waals surface area contributed by atoms with Crippen LogP contribution in [0, 0.1) is 22.2 Å². The summed E-state index contributed by atoms with van der Waals surface area (Å²) in [5, 5.41) is 9.00. The molecule has 0 aliphatic heterocycles. The summed E-state index contributed by atoms with van der Waals surface area (Å²) in [4.78, 5) is 2.52. The summed E-state index contributed by atoms with van der Waals surface area (Å²) in [6.07, 6.45) is 4.48. The van der Waals surface area contributed by atoms with Crippen molar-refractivity contribution in [3.63, 3.8) is 0 Å². The summed E-state index contributed by atoms with van der Waals surface area (Å²) in [5.41, 5.74) is 5.84. The zero-order valence-corrected chi connectivity index (χ0v) is 13.6. The zero-order chi connectivity index (χ0) is 14.9. The highest BCUT2D eigenvalue weighted by atomic mass is 15.1. The summed E-state index contributed by atoms with van der Waals surface area (Å²) in [6.45, 7) is 14.8. The topological polar surface area (TPSA) is 53.0 Å². The molecule has 0 aromatic carbocycles. The molecule has 112 valence electrons. The first-order valence-corrected chi connectivity index (χ1v) is 7.60. The highest BCUT2D eigenvalue weighted by molar-refractivity contribution is 4.91. The average Bonchev–Trinajstić information content (AvgIpc) is 2.34. The molecule has 0 heterocycles. The van der Waals surface area contributed by atoms with E-state index in [2.05, 4.69) is 31.7 Å². The molecule has 0 radical (unpaired) electrons. The van der Waals surface area contributed by atoms with E-state index >= 15 is 0 Å². The van der Waals surface area contributed by atoms with Crippen LogP contribution >= 0.6 is 0 Å². The largest absolute Gasteiger partial charge is 0.330 e. The molecule has 2 N–H and O–H groups in total. The second kappa shape index (κ2) is 8.55. The fourth-order valence-corrected chi connectivity index (χ4v) is 2.21. The molecule has 0 rings (SSSR count). The Hall–Kier alpha value is -0.590. The van der Waals surface area contributed by atoms with Crippen LogP contribution in [0.3, 0.4) is 0 Å². The van der Waals surface area contributed by atoms with Crippen molar-refractivity contribution in [1.82, 2.24) is 4.90 Å². The first-order chi connectivity index (χ1) is 8.76. The van der Waals surface area contributed by atoms with Crippen molar-refractivity contribution >= 4 is 0 Å². The summed E-state index contributed by atoms with van der Waals surface area (Å²) >= 11 is 0. The Labute approximate surface area is 120 Å². The van der Waals surface area contributed by atoms with Gasteiger partial charge in [-0.2, -0.15) is 5.26 Å². The van der Waals surface area contributed by atoms with Crippen LogP contribution in [0.5, 0.6) is 0 Å². The zero-order valence-electron chi connectivity index (χ0n) is 13.6. The fourth-order valence-electron chi connectivity index (χ4n) is 2.21. The minimum Gasteiger partial charge on any atom is -0.330 e. The Morgan fingerprint density at radius 3 is 2.21 bits per heavy atom. The number of rotatable bonds is 10. The number of hydrogen-bond acceptors (Lipinski definition) is 3. The molecule has 0 bridgehead atoms. The van der Waals surface area contributed by atoms with Crippen LogP contribution in [0.25, 0.3) is 0 Å². The number of nitriles is 1. The standard InChI is InChI=1S/C16H33N3/c1-6-10-19(14-16(4,5)13-18)11-8-7-9-15(2,3)12-17/h6-11,13-14,18H2,1-5H3. The van der Waals surface area contributed by atoms with Crippen LogP contribution in [0.1, 0.15) is 60.3 Å². The monoisotopic (exact) mass is 267 g/mol. The lowest BCUT2D eigenvalue weighted by Gasteiger charge is -2.31. The van der Waals surface area contributed by atoms with Gasteiger partial charge in [0.2, 0.25) is 0 Å². The summed E-state index contributed by atoms with van der Waals surface area (Å²) in [6, 6.07) is 2.37. The van der Waals surface area contributed by atoms with Gasteiger partial charge in [-0.25, -0.2) is 0 Å². The summed E-state index contributed by atoms with van der Waals surface area (Å²) in [7, 11) is 0. The van der Waals surface area contributed by atoms with Gasteiger partial charge in [-0.3, -0.25) is 0 Å². The Kier molecular flexibility index (Phi) is 8.29. The maximum absolute atomic E-state index is 9.00. The average molecular weight is 267 g/mol. The maximum atomic E-state index is 9.00. The molecule has 0 fully saturated rings. The molecule has 0 saturated heterocycles. The van der Waals surface area contributed by atoms with Crippen molar-refractivity contribution in [2.24, 2.45) is 16.6 Å². The van der Waals surface area contributed by atoms with Gasteiger partial charge in [-0.1, -0.05) is 27.2 Å². The number of nitrogens with zero attached hydrogens (tertiary/aromatic N) is 2. The van der Waals surface area contributed by atoms with Gasteiger partial charge in [0, 0.05) is 6.54 Å². The number of unbranched alkanes of at least 4 members (excludes halogenated alkanes) is 1. The number of nitrogens with two attached hydrogens (primary N) is 1. The minimum absolute atomic E-state index is 0.174. The van der Waals surface area contributed by atoms with Crippen molar-refractivity contribution in [3.8, 4) is 6.07 Å². The third kappa shape index (κ3) is 9.02. The SMILES string of the molecule is CCCN(CCCCC(C)(C)C#N)CC(C)(C)CN. The maximum Gasteiger partial charge on any atom is 0.0683 e. The molecule has 0 aliphatic rings. The van der Waals surface area contributed by atoms with Crippen LogP contribution in [-0.4, -0.2) is 31.1 Å². The lowest BCUT2D eigenvalue weighted by Crippen LogP contribution is -2.39. The van der Waals surface area contributed by atoms with E-state index in [1.165, 1.54) is 12.8 Å². The summed E-state index contributed by atoms with van der Waals surface area (Å²) in [5.74, 6) is 0. The van der Waals surface area contributed by atoms with E-state index in [0.717, 1.165) is 39.0 Å².